The molecule has 0 aliphatic heterocycles. The molecule has 0 N–H and O–H groups in total. The van der Waals surface area contributed by atoms with Crippen molar-refractivity contribution in [2.45, 2.75) is 34.1 Å². The quantitative estimate of drug-likeness (QED) is 0.350. The van der Waals surface area contributed by atoms with Gasteiger partial charge in [0.15, 0.2) is 0 Å². The van der Waals surface area contributed by atoms with Gasteiger partial charge in [0.25, 0.3) is 0 Å². The fourth-order valence-corrected chi connectivity index (χ4v) is 8.18. The van der Waals surface area contributed by atoms with Gasteiger partial charge in [0, 0.05) is 0 Å². The minimum Gasteiger partial charge on any atom is -1.00 e. The van der Waals surface area contributed by atoms with Gasteiger partial charge in [0.1, 0.15) is 8.80 Å². The first kappa shape index (κ1) is 27.1. The molecule has 30 heavy (non-hydrogen) atoms. The molecule has 0 saturated carbocycles. The summed E-state index contributed by atoms with van der Waals surface area (Å²) in [5.74, 6) is 0.387. The van der Waals surface area contributed by atoms with Crippen molar-refractivity contribution in [2.75, 3.05) is 0 Å². The Kier molecular flexibility index (Phi) is 10.5. The van der Waals surface area contributed by atoms with E-state index in [4.69, 9.17) is 0 Å². The van der Waals surface area contributed by atoms with Gasteiger partial charge in [0.2, 0.25) is 0 Å². The van der Waals surface area contributed by atoms with E-state index in [0.29, 0.717) is 5.92 Å². The van der Waals surface area contributed by atoms with Crippen molar-refractivity contribution in [1.82, 2.24) is 0 Å². The molecule has 1 radical (unpaired) electrons. The van der Waals surface area contributed by atoms with E-state index in [1.54, 1.807) is 5.20 Å². The number of benzene rings is 2. The van der Waals surface area contributed by atoms with E-state index in [1.807, 2.05) is 0 Å². The van der Waals surface area contributed by atoms with Crippen molar-refractivity contribution >= 4 is 19.2 Å². The molecule has 0 nitrogen and oxygen atoms in total. The van der Waals surface area contributed by atoms with Gasteiger partial charge >= 0.3 is 26.2 Å². The molecule has 1 unspecified atom stereocenters. The molecule has 2 aliphatic carbocycles. The SMILES string of the molecule is CC1=CC(C)=C(C2=[C-]C(C)C([SiH](c3ccccc3)c3ccccc3)=C2C)C1.[Cl-].[Cl-].[Zr+3]. The van der Waals surface area contributed by atoms with E-state index in [0.717, 1.165) is 6.42 Å². The first-order chi connectivity index (χ1) is 13.1. The number of rotatable bonds is 4. The van der Waals surface area contributed by atoms with E-state index in [2.05, 4.69) is 101 Å². The Hall–Kier alpha value is -0.920. The zero-order chi connectivity index (χ0) is 19.0. The van der Waals surface area contributed by atoms with E-state index in [9.17, 15) is 0 Å². The molecule has 2 aliphatic rings. The molecule has 0 saturated heterocycles. The zero-order valence-corrected chi connectivity index (χ0v) is 23.1. The molecule has 0 spiro atoms. The molecule has 0 aromatic heterocycles. The summed E-state index contributed by atoms with van der Waals surface area (Å²) in [5.41, 5.74) is 7.23. The van der Waals surface area contributed by atoms with Crippen LogP contribution in [0.2, 0.25) is 0 Å². The molecule has 0 fully saturated rings. The summed E-state index contributed by atoms with van der Waals surface area (Å²) in [6.45, 7) is 9.16. The summed E-state index contributed by atoms with van der Waals surface area (Å²) < 4.78 is 0. The van der Waals surface area contributed by atoms with Gasteiger partial charge in [0.05, 0.1) is 0 Å². The molecule has 1 atom stereocenters. The van der Waals surface area contributed by atoms with Crippen molar-refractivity contribution < 1.29 is 51.0 Å². The number of allylic oxidation sites excluding steroid dienone is 8. The zero-order valence-electron chi connectivity index (χ0n) is 18.0. The van der Waals surface area contributed by atoms with E-state index < -0.39 is 8.80 Å². The van der Waals surface area contributed by atoms with Crippen LogP contribution in [0.1, 0.15) is 34.1 Å². The van der Waals surface area contributed by atoms with Crippen molar-refractivity contribution in [3.63, 3.8) is 0 Å². The Balaban J connectivity index is 0.00000150. The Morgan fingerprint density at radius 2 is 1.33 bits per heavy atom. The van der Waals surface area contributed by atoms with E-state index >= 15 is 0 Å². The average molecular weight is 530 g/mol. The van der Waals surface area contributed by atoms with Crippen LogP contribution in [0.15, 0.2) is 99.8 Å². The van der Waals surface area contributed by atoms with Gasteiger partial charge in [-0.25, -0.2) is 0 Å². The van der Waals surface area contributed by atoms with Crippen molar-refractivity contribution in [3.8, 4) is 0 Å². The first-order valence-corrected chi connectivity index (χ1v) is 11.6. The molecule has 0 amide bonds. The molecule has 4 heteroatoms. The topological polar surface area (TPSA) is 0 Å². The second kappa shape index (κ2) is 11.6. The third kappa shape index (κ3) is 5.28. The Morgan fingerprint density at radius 1 is 0.833 bits per heavy atom. The first-order valence-electron chi connectivity index (χ1n) is 9.88. The molecular weight excluding hydrogens is 503 g/mol. The van der Waals surface area contributed by atoms with Gasteiger partial charge in [-0.05, 0) is 6.92 Å². The Labute approximate surface area is 214 Å². The van der Waals surface area contributed by atoms with Crippen LogP contribution in [0, 0.1) is 12.0 Å². The monoisotopic (exact) mass is 527 g/mol. The largest absolute Gasteiger partial charge is 3.00 e. The van der Waals surface area contributed by atoms with Gasteiger partial charge in [-0.15, -0.1) is 16.3 Å². The summed E-state index contributed by atoms with van der Waals surface area (Å²) in [6, 6.07) is 22.3. The maximum absolute atomic E-state index is 3.85. The summed E-state index contributed by atoms with van der Waals surface area (Å²) in [5, 5.41) is 4.63. The van der Waals surface area contributed by atoms with Gasteiger partial charge in [-0.1, -0.05) is 116 Å². The van der Waals surface area contributed by atoms with E-state index in [-0.39, 0.29) is 51.0 Å². The number of hydrogen-bond donors (Lipinski definition) is 0. The number of halogens is 2. The molecule has 0 heterocycles. The molecule has 4 rings (SSSR count). The van der Waals surface area contributed by atoms with Gasteiger partial charge in [-0.3, -0.25) is 0 Å². The summed E-state index contributed by atoms with van der Waals surface area (Å²) in [7, 11) is -1.48. The normalized spacial score (nSPS) is 17.8. The fraction of sp³-hybridized carbons (Fsp3) is 0.231. The van der Waals surface area contributed by atoms with Crippen LogP contribution in [0.3, 0.4) is 0 Å². The molecule has 0 bridgehead atoms. The summed E-state index contributed by atoms with van der Waals surface area (Å²) in [4.78, 5) is 0. The Morgan fingerprint density at radius 3 is 1.77 bits per heavy atom. The minimum atomic E-state index is -1.48. The predicted molar refractivity (Wildman–Crippen MR) is 119 cm³/mol. The second-order valence-electron chi connectivity index (χ2n) is 7.90. The standard InChI is InChI=1S/C26H27Si.2ClH.Zr/c1-18-15-19(2)24(16-18)25-17-20(3)26(21(25)4)27(22-11-7-5-8-12-22)23-13-9-6-10-14-23;;;/h5-15,20,27H,16H2,1-4H3;2*1H;/q-1;;;+3/p-2. The van der Waals surface area contributed by atoms with Crippen LogP contribution in [0.5, 0.6) is 0 Å². The van der Waals surface area contributed by atoms with Crippen molar-refractivity contribution in [2.24, 2.45) is 5.92 Å². The maximum Gasteiger partial charge on any atom is 3.00 e. The van der Waals surface area contributed by atoms with Crippen LogP contribution in [0.25, 0.3) is 0 Å². The maximum atomic E-state index is 3.85. The van der Waals surface area contributed by atoms with Gasteiger partial charge in [-0.2, -0.15) is 17.2 Å². The molecule has 2 aromatic carbocycles. The summed E-state index contributed by atoms with van der Waals surface area (Å²) in [6.07, 6.45) is 7.27. The molecule has 153 valence electrons. The Bertz CT molecular complexity index is 949. The fourth-order valence-electron chi connectivity index (χ4n) is 4.71. The van der Waals surface area contributed by atoms with Crippen molar-refractivity contribution in [3.05, 3.63) is 106 Å². The van der Waals surface area contributed by atoms with Crippen LogP contribution >= 0.6 is 0 Å². The third-order valence-electron chi connectivity index (χ3n) is 5.91. The smallest absolute Gasteiger partial charge is 1.00 e. The van der Waals surface area contributed by atoms with Crippen molar-refractivity contribution in [1.29, 1.82) is 0 Å². The van der Waals surface area contributed by atoms with Crippen LogP contribution in [0.4, 0.5) is 0 Å². The van der Waals surface area contributed by atoms with Crippen LogP contribution in [-0.2, 0) is 26.2 Å². The average Bonchev–Trinajstić information content (AvgIpc) is 3.16. The third-order valence-corrected chi connectivity index (χ3v) is 9.57. The second-order valence-corrected chi connectivity index (χ2v) is 10.7. The van der Waals surface area contributed by atoms with Crippen LogP contribution in [-0.4, -0.2) is 8.80 Å². The number of hydrogen-bond acceptors (Lipinski definition) is 0. The van der Waals surface area contributed by atoms with Crippen LogP contribution < -0.4 is 35.2 Å². The van der Waals surface area contributed by atoms with E-state index in [1.165, 1.54) is 38.2 Å². The molecular formula is C26H27Cl2SiZr. The molecule has 2 aromatic rings. The minimum absolute atomic E-state index is 0. The predicted octanol–water partition coefficient (Wildman–Crippen LogP) is -1.07. The van der Waals surface area contributed by atoms with Gasteiger partial charge < -0.3 is 24.8 Å². The summed E-state index contributed by atoms with van der Waals surface area (Å²) >= 11 is 0.